The van der Waals surface area contributed by atoms with Crippen LogP contribution in [0.15, 0.2) is 24.3 Å². The minimum Gasteiger partial charge on any atom is -0.492 e. The summed E-state index contributed by atoms with van der Waals surface area (Å²) >= 11 is 0. The molecular formula is C17H29N3O2. The fourth-order valence-corrected chi connectivity index (χ4v) is 1.87. The minimum atomic E-state index is -0.446. The molecule has 0 aromatic heterocycles. The number of nitrogens with two attached hydrogens (primary N) is 1. The summed E-state index contributed by atoms with van der Waals surface area (Å²) in [5, 5.41) is 2.88. The van der Waals surface area contributed by atoms with E-state index in [9.17, 15) is 4.79 Å². The molecule has 0 radical (unpaired) electrons. The van der Waals surface area contributed by atoms with Crippen LogP contribution in [0, 0.1) is 5.92 Å². The van der Waals surface area contributed by atoms with E-state index in [1.165, 1.54) is 0 Å². The van der Waals surface area contributed by atoms with Crippen LogP contribution in [0.5, 0.6) is 5.75 Å². The lowest BCUT2D eigenvalue weighted by Gasteiger charge is -2.17. The van der Waals surface area contributed by atoms with Crippen LogP contribution in [0.4, 0.5) is 0 Å². The van der Waals surface area contributed by atoms with Crippen molar-refractivity contribution in [3.05, 3.63) is 29.8 Å². The minimum absolute atomic E-state index is 0.0966. The maximum Gasteiger partial charge on any atom is 0.237 e. The number of nitrogens with zero attached hydrogens (tertiary/aromatic N) is 1. The number of likely N-dealkylation sites (N-methyl/N-ethyl adjacent to an activating group) is 1. The predicted molar refractivity (Wildman–Crippen MR) is 89.8 cm³/mol. The zero-order chi connectivity index (χ0) is 16.5. The van der Waals surface area contributed by atoms with Gasteiger partial charge in [-0.1, -0.05) is 32.4 Å². The summed E-state index contributed by atoms with van der Waals surface area (Å²) in [5.74, 6) is 0.932. The van der Waals surface area contributed by atoms with Crippen LogP contribution in [0.3, 0.4) is 0 Å². The largest absolute Gasteiger partial charge is 0.492 e. The first kappa shape index (κ1) is 18.5. The van der Waals surface area contributed by atoms with E-state index in [4.69, 9.17) is 10.5 Å². The van der Waals surface area contributed by atoms with Crippen molar-refractivity contribution >= 4 is 5.91 Å². The lowest BCUT2D eigenvalue weighted by atomic mass is 9.99. The van der Waals surface area contributed by atoms with Gasteiger partial charge in [0.05, 0.1) is 6.04 Å². The van der Waals surface area contributed by atoms with Gasteiger partial charge in [0, 0.05) is 13.1 Å². The zero-order valence-electron chi connectivity index (χ0n) is 14.1. The van der Waals surface area contributed by atoms with E-state index in [1.807, 2.05) is 52.2 Å². The Morgan fingerprint density at radius 3 is 2.50 bits per heavy atom. The molecule has 1 amide bonds. The molecule has 2 atom stereocenters. The van der Waals surface area contributed by atoms with E-state index >= 15 is 0 Å². The number of ether oxygens (including phenoxy) is 1. The number of amides is 1. The maximum atomic E-state index is 11.9. The first-order valence-corrected chi connectivity index (χ1v) is 7.83. The van der Waals surface area contributed by atoms with Gasteiger partial charge in [0.1, 0.15) is 12.4 Å². The van der Waals surface area contributed by atoms with Crippen molar-refractivity contribution < 1.29 is 9.53 Å². The van der Waals surface area contributed by atoms with Crippen LogP contribution >= 0.6 is 0 Å². The van der Waals surface area contributed by atoms with Gasteiger partial charge >= 0.3 is 0 Å². The van der Waals surface area contributed by atoms with Gasteiger partial charge < -0.3 is 20.7 Å². The molecule has 5 nitrogen and oxygen atoms in total. The van der Waals surface area contributed by atoms with Gasteiger partial charge in [0.2, 0.25) is 5.91 Å². The molecule has 0 fully saturated rings. The van der Waals surface area contributed by atoms with Crippen molar-refractivity contribution in [1.82, 2.24) is 10.2 Å². The average molecular weight is 307 g/mol. The predicted octanol–water partition coefficient (Wildman–Crippen LogP) is 1.62. The van der Waals surface area contributed by atoms with Crippen molar-refractivity contribution in [3.63, 3.8) is 0 Å². The van der Waals surface area contributed by atoms with Crippen molar-refractivity contribution in [3.8, 4) is 5.75 Å². The van der Waals surface area contributed by atoms with Crippen LogP contribution < -0.4 is 15.8 Å². The third-order valence-corrected chi connectivity index (χ3v) is 3.76. The molecule has 1 aromatic carbocycles. The van der Waals surface area contributed by atoms with Crippen molar-refractivity contribution in [1.29, 1.82) is 0 Å². The highest BCUT2D eigenvalue weighted by Gasteiger charge is 2.18. The second-order valence-corrected chi connectivity index (χ2v) is 5.92. The second-order valence-electron chi connectivity index (χ2n) is 5.92. The number of hydrogen-bond acceptors (Lipinski definition) is 4. The lowest BCUT2D eigenvalue weighted by Crippen LogP contribution is -2.44. The summed E-state index contributed by atoms with van der Waals surface area (Å²) in [6.45, 7) is 6.05. The van der Waals surface area contributed by atoms with Crippen molar-refractivity contribution in [2.45, 2.75) is 32.9 Å². The first-order valence-electron chi connectivity index (χ1n) is 7.83. The molecule has 0 aliphatic heterocycles. The summed E-state index contributed by atoms with van der Waals surface area (Å²) in [7, 11) is 4.03. The topological polar surface area (TPSA) is 67.6 Å². The third kappa shape index (κ3) is 6.45. The molecule has 0 bridgehead atoms. The maximum absolute atomic E-state index is 11.9. The Hall–Kier alpha value is -1.59. The fourth-order valence-electron chi connectivity index (χ4n) is 1.87. The Balaban J connectivity index is 2.39. The third-order valence-electron chi connectivity index (χ3n) is 3.76. The van der Waals surface area contributed by atoms with Gasteiger partial charge in [-0.2, -0.15) is 0 Å². The average Bonchev–Trinajstić information content (AvgIpc) is 2.52. The van der Waals surface area contributed by atoms with E-state index in [2.05, 4.69) is 10.2 Å². The smallest absolute Gasteiger partial charge is 0.237 e. The van der Waals surface area contributed by atoms with Gasteiger partial charge in [0.15, 0.2) is 0 Å². The molecule has 22 heavy (non-hydrogen) atoms. The van der Waals surface area contributed by atoms with E-state index in [0.717, 1.165) is 24.3 Å². The molecule has 0 aliphatic carbocycles. The normalized spacial score (nSPS) is 13.7. The van der Waals surface area contributed by atoms with Crippen LogP contribution in [0.1, 0.15) is 25.8 Å². The van der Waals surface area contributed by atoms with Crippen LogP contribution in [0.25, 0.3) is 0 Å². The molecule has 0 saturated heterocycles. The molecule has 1 rings (SSSR count). The first-order chi connectivity index (χ1) is 10.4. The molecule has 3 N–H and O–H groups in total. The Morgan fingerprint density at radius 1 is 1.32 bits per heavy atom. The van der Waals surface area contributed by atoms with Crippen LogP contribution in [-0.2, 0) is 11.3 Å². The Bertz CT molecular complexity index is 446. The second kappa shape index (κ2) is 9.43. The number of nitrogens with one attached hydrogen (secondary N) is 1. The number of rotatable bonds is 9. The van der Waals surface area contributed by atoms with E-state index < -0.39 is 6.04 Å². The number of carbonyl (C=O) groups is 1. The molecule has 124 valence electrons. The van der Waals surface area contributed by atoms with Crippen LogP contribution in [-0.4, -0.2) is 44.1 Å². The molecule has 5 heteroatoms. The van der Waals surface area contributed by atoms with Gasteiger partial charge in [-0.15, -0.1) is 0 Å². The molecule has 1 aromatic rings. The highest BCUT2D eigenvalue weighted by Crippen LogP contribution is 2.12. The molecule has 2 unspecified atom stereocenters. The number of hydrogen-bond donors (Lipinski definition) is 2. The summed E-state index contributed by atoms with van der Waals surface area (Å²) in [4.78, 5) is 14.0. The summed E-state index contributed by atoms with van der Waals surface area (Å²) < 4.78 is 5.63. The quantitative estimate of drug-likeness (QED) is 0.727. The van der Waals surface area contributed by atoms with Crippen molar-refractivity contribution in [2.75, 3.05) is 27.2 Å². The van der Waals surface area contributed by atoms with Gasteiger partial charge in [0.25, 0.3) is 0 Å². The molecule has 0 heterocycles. The number of benzene rings is 1. The number of carbonyl (C=O) groups excluding carboxylic acids is 1. The SMILES string of the molecule is CCC(C)C(N)C(=O)NCc1ccc(OCCN(C)C)cc1. The van der Waals surface area contributed by atoms with Gasteiger partial charge in [-0.05, 0) is 37.7 Å². The van der Waals surface area contributed by atoms with Gasteiger partial charge in [-0.3, -0.25) is 4.79 Å². The Kier molecular flexibility index (Phi) is 7.91. The van der Waals surface area contributed by atoms with E-state index in [-0.39, 0.29) is 11.8 Å². The zero-order valence-corrected chi connectivity index (χ0v) is 14.1. The summed E-state index contributed by atoms with van der Waals surface area (Å²) in [5.41, 5.74) is 6.93. The lowest BCUT2D eigenvalue weighted by molar-refractivity contribution is -0.123. The summed E-state index contributed by atoms with van der Waals surface area (Å²) in [6, 6.07) is 7.32. The highest BCUT2D eigenvalue weighted by atomic mass is 16.5. The standard InChI is InChI=1S/C17H29N3O2/c1-5-13(2)16(18)17(21)19-12-14-6-8-15(9-7-14)22-11-10-20(3)4/h6-9,13,16H,5,10-12,18H2,1-4H3,(H,19,21). The molecule has 0 saturated carbocycles. The molecule has 0 aliphatic rings. The fraction of sp³-hybridized carbons (Fsp3) is 0.588. The molecule has 0 spiro atoms. The Labute approximate surface area is 133 Å². The Morgan fingerprint density at radius 2 is 1.95 bits per heavy atom. The summed E-state index contributed by atoms with van der Waals surface area (Å²) in [6.07, 6.45) is 0.896. The molecular weight excluding hydrogens is 278 g/mol. The van der Waals surface area contributed by atoms with E-state index in [1.54, 1.807) is 0 Å². The monoisotopic (exact) mass is 307 g/mol. The van der Waals surface area contributed by atoms with Crippen LogP contribution in [0.2, 0.25) is 0 Å². The van der Waals surface area contributed by atoms with E-state index in [0.29, 0.717) is 13.2 Å². The highest BCUT2D eigenvalue weighted by molar-refractivity contribution is 5.81. The van der Waals surface area contributed by atoms with Gasteiger partial charge in [-0.25, -0.2) is 0 Å². The van der Waals surface area contributed by atoms with Crippen molar-refractivity contribution in [2.24, 2.45) is 11.7 Å².